The van der Waals surface area contributed by atoms with Gasteiger partial charge in [-0.05, 0) is 12.8 Å². The van der Waals surface area contributed by atoms with E-state index < -0.39 is 35.7 Å². The van der Waals surface area contributed by atoms with Gasteiger partial charge in [-0.15, -0.1) is 0 Å². The lowest BCUT2D eigenvalue weighted by molar-refractivity contribution is -0.159. The highest BCUT2D eigenvalue weighted by molar-refractivity contribution is 5.86. The molecule has 0 amide bonds. The largest absolute Gasteiger partial charge is 0.481 e. The van der Waals surface area contributed by atoms with Crippen LogP contribution >= 0.6 is 0 Å². The van der Waals surface area contributed by atoms with Crippen LogP contribution in [-0.4, -0.2) is 68.2 Å². The number of esters is 2. The van der Waals surface area contributed by atoms with Gasteiger partial charge < -0.3 is 24.4 Å². The summed E-state index contributed by atoms with van der Waals surface area (Å²) in [6.45, 7) is 0. The molecule has 2 atom stereocenters. The van der Waals surface area contributed by atoms with Gasteiger partial charge in [0.05, 0.1) is 26.1 Å². The van der Waals surface area contributed by atoms with Gasteiger partial charge in [-0.1, -0.05) is 0 Å². The molecule has 2 aromatic heterocycles. The summed E-state index contributed by atoms with van der Waals surface area (Å²) in [5.41, 5.74) is 0.516. The second kappa shape index (κ2) is 12.0. The molecule has 2 unspecified atom stereocenters. The molecule has 0 fully saturated rings. The Morgan fingerprint density at radius 2 is 1.06 bits per heavy atom. The van der Waals surface area contributed by atoms with Crippen LogP contribution < -0.4 is 9.47 Å². The molecule has 0 aliphatic heterocycles. The zero-order valence-corrected chi connectivity index (χ0v) is 17.8. The molecule has 0 bridgehead atoms. The number of aliphatic carboxylic acids is 2. The minimum atomic E-state index is -1.20. The van der Waals surface area contributed by atoms with Crippen LogP contribution in [0.1, 0.15) is 48.6 Å². The van der Waals surface area contributed by atoms with Crippen molar-refractivity contribution in [3.8, 4) is 12.0 Å². The normalized spacial score (nSPS) is 12.3. The summed E-state index contributed by atoms with van der Waals surface area (Å²) in [4.78, 5) is 62.4. The van der Waals surface area contributed by atoms with Crippen LogP contribution in [0.5, 0.6) is 12.0 Å². The summed E-state index contributed by atoms with van der Waals surface area (Å²) in [6.07, 6.45) is 4.07. The average Bonchev–Trinajstić information content (AvgIpc) is 2.79. The van der Waals surface area contributed by atoms with Crippen molar-refractivity contribution in [1.29, 1.82) is 0 Å². The fourth-order valence-electron chi connectivity index (χ4n) is 2.84. The Kier molecular flexibility index (Phi) is 9.15. The summed E-state index contributed by atoms with van der Waals surface area (Å²) >= 11 is 0. The number of hydrogen-bond acceptors (Lipinski definition) is 11. The molecular weight excluding hydrogens is 440 g/mol. The van der Waals surface area contributed by atoms with E-state index >= 15 is 0 Å². The van der Waals surface area contributed by atoms with E-state index in [0.29, 0.717) is 0 Å². The molecule has 0 saturated carbocycles. The Labute approximate surface area is 187 Å². The molecule has 0 aromatic carbocycles. The monoisotopic (exact) mass is 462 g/mol. The van der Waals surface area contributed by atoms with Crippen LogP contribution in [0.25, 0.3) is 0 Å². The Hall–Kier alpha value is -4.16. The van der Waals surface area contributed by atoms with Crippen LogP contribution in [0, 0.1) is 0 Å². The van der Waals surface area contributed by atoms with Crippen molar-refractivity contribution in [1.82, 2.24) is 19.9 Å². The van der Waals surface area contributed by atoms with E-state index in [1.165, 1.54) is 39.0 Å². The Bertz CT molecular complexity index is 901. The molecule has 2 rings (SSSR count). The highest BCUT2D eigenvalue weighted by Crippen LogP contribution is 2.23. The first kappa shape index (κ1) is 25.1. The molecule has 33 heavy (non-hydrogen) atoms. The van der Waals surface area contributed by atoms with Crippen LogP contribution in [0.15, 0.2) is 24.8 Å². The van der Waals surface area contributed by atoms with E-state index in [0.717, 1.165) is 0 Å². The average molecular weight is 462 g/mol. The van der Waals surface area contributed by atoms with Gasteiger partial charge in [0.25, 0.3) is 0 Å². The molecular formula is C20H22N4O9. The third-order valence-electron chi connectivity index (χ3n) is 4.56. The van der Waals surface area contributed by atoms with E-state index in [9.17, 15) is 29.4 Å². The molecule has 176 valence electrons. The number of carbonyl (C=O) groups excluding carboxylic acids is 2. The fraction of sp³-hybridized carbons (Fsp3) is 0.400. The van der Waals surface area contributed by atoms with Gasteiger partial charge in [0.15, 0.2) is 0 Å². The number of ether oxygens (including phenoxy) is 3. The number of carbonyl (C=O) groups is 4. The van der Waals surface area contributed by atoms with Crippen LogP contribution in [0.2, 0.25) is 0 Å². The van der Waals surface area contributed by atoms with E-state index in [1.54, 1.807) is 0 Å². The lowest BCUT2D eigenvalue weighted by atomic mass is 9.96. The number of carboxylic acids is 2. The van der Waals surface area contributed by atoms with Gasteiger partial charge in [0.2, 0.25) is 0 Å². The molecule has 2 N–H and O–H groups in total. The van der Waals surface area contributed by atoms with Gasteiger partial charge in [0.1, 0.15) is 0 Å². The maximum Gasteiger partial charge on any atom is 0.316 e. The first-order valence-corrected chi connectivity index (χ1v) is 9.66. The van der Waals surface area contributed by atoms with Gasteiger partial charge >= 0.3 is 35.9 Å². The minimum absolute atomic E-state index is 0.0637. The van der Waals surface area contributed by atoms with Gasteiger partial charge in [-0.25, -0.2) is 19.9 Å². The summed E-state index contributed by atoms with van der Waals surface area (Å²) in [5.74, 6) is -6.45. The Balaban J connectivity index is 1.88. The SMILES string of the molecule is COc1ncc(C(CCC(=O)OC(=O)CCC(C(=O)O)c2cnc(OC)nc2)C(=O)O)cn1. The molecule has 13 nitrogen and oxygen atoms in total. The predicted octanol–water partition coefficient (Wildman–Crippen LogP) is 0.951. The maximum absolute atomic E-state index is 12.0. The Morgan fingerprint density at radius 3 is 1.33 bits per heavy atom. The van der Waals surface area contributed by atoms with Crippen molar-refractivity contribution in [3.05, 3.63) is 35.9 Å². The quantitative estimate of drug-likeness (QED) is 0.335. The molecule has 0 radical (unpaired) electrons. The van der Waals surface area contributed by atoms with Crippen LogP contribution in [0.3, 0.4) is 0 Å². The summed E-state index contributed by atoms with van der Waals surface area (Å²) in [7, 11) is 2.72. The third kappa shape index (κ3) is 7.48. The highest BCUT2D eigenvalue weighted by Gasteiger charge is 2.25. The topological polar surface area (TPSA) is 188 Å². The summed E-state index contributed by atoms with van der Waals surface area (Å²) in [6, 6.07) is 0.127. The number of methoxy groups -OCH3 is 2. The standard InChI is InChI=1S/C20H22N4O9/c1-31-19-21-7-11(8-22-19)13(17(27)28)3-5-15(25)33-16(26)6-4-14(18(29)30)12-9-23-20(32-2)24-10-12/h7-10,13-14H,3-6H2,1-2H3,(H,27,28)(H,29,30). The molecule has 0 aliphatic rings. The number of hydrogen-bond donors (Lipinski definition) is 2. The van der Waals surface area contributed by atoms with E-state index in [1.807, 2.05) is 0 Å². The first-order chi connectivity index (χ1) is 15.7. The van der Waals surface area contributed by atoms with Gasteiger partial charge in [0, 0.05) is 48.8 Å². The molecule has 2 heterocycles. The Morgan fingerprint density at radius 1 is 0.727 bits per heavy atom. The van der Waals surface area contributed by atoms with Crippen molar-refractivity contribution in [3.63, 3.8) is 0 Å². The van der Waals surface area contributed by atoms with Crippen molar-refractivity contribution >= 4 is 23.9 Å². The molecule has 0 spiro atoms. The van der Waals surface area contributed by atoms with E-state index in [2.05, 4.69) is 24.7 Å². The van der Waals surface area contributed by atoms with Crippen LogP contribution in [0.4, 0.5) is 0 Å². The van der Waals surface area contributed by atoms with Crippen molar-refractivity contribution in [2.45, 2.75) is 37.5 Å². The molecule has 0 aliphatic carbocycles. The van der Waals surface area contributed by atoms with Gasteiger partial charge in [-0.3, -0.25) is 19.2 Å². The second-order valence-electron chi connectivity index (χ2n) is 6.71. The highest BCUT2D eigenvalue weighted by atomic mass is 16.6. The van der Waals surface area contributed by atoms with E-state index in [4.69, 9.17) is 9.47 Å². The fourth-order valence-corrected chi connectivity index (χ4v) is 2.84. The lowest BCUT2D eigenvalue weighted by Crippen LogP contribution is -2.19. The van der Waals surface area contributed by atoms with Crippen LogP contribution in [-0.2, 0) is 23.9 Å². The first-order valence-electron chi connectivity index (χ1n) is 9.66. The second-order valence-corrected chi connectivity index (χ2v) is 6.71. The third-order valence-corrected chi connectivity index (χ3v) is 4.56. The molecule has 13 heteroatoms. The van der Waals surface area contributed by atoms with Crippen molar-refractivity contribution in [2.75, 3.05) is 14.2 Å². The zero-order chi connectivity index (χ0) is 24.4. The maximum atomic E-state index is 12.0. The smallest absolute Gasteiger partial charge is 0.316 e. The number of aromatic nitrogens is 4. The number of rotatable bonds is 12. The summed E-state index contributed by atoms with van der Waals surface area (Å²) in [5, 5.41) is 18.8. The number of nitrogens with zero attached hydrogens (tertiary/aromatic N) is 4. The van der Waals surface area contributed by atoms with E-state index in [-0.39, 0.29) is 48.8 Å². The van der Waals surface area contributed by atoms with Crippen molar-refractivity contribution < 1.29 is 43.6 Å². The number of carboxylic acid groups (broad SMARTS) is 2. The molecule has 2 aromatic rings. The van der Waals surface area contributed by atoms with Crippen molar-refractivity contribution in [2.24, 2.45) is 0 Å². The lowest BCUT2D eigenvalue weighted by Gasteiger charge is -2.13. The predicted molar refractivity (Wildman–Crippen MR) is 107 cm³/mol. The van der Waals surface area contributed by atoms with Gasteiger partial charge in [-0.2, -0.15) is 0 Å². The zero-order valence-electron chi connectivity index (χ0n) is 17.8. The molecule has 0 saturated heterocycles. The minimum Gasteiger partial charge on any atom is -0.481 e. The summed E-state index contributed by atoms with van der Waals surface area (Å²) < 4.78 is 14.3.